The Labute approximate surface area is 179 Å². The Morgan fingerprint density at radius 3 is 2.80 bits per heavy atom. The Balaban J connectivity index is 1.26. The van der Waals surface area contributed by atoms with Gasteiger partial charge in [0.1, 0.15) is 17.8 Å². The molecule has 1 saturated heterocycles. The maximum atomic E-state index is 13.2. The molecule has 0 radical (unpaired) electrons. The Kier molecular flexibility index (Phi) is 5.09. The average molecular weight is 411 g/mol. The molecule has 0 bridgehead atoms. The lowest BCUT2D eigenvalue weighted by atomic mass is 9.55. The van der Waals surface area contributed by atoms with Crippen LogP contribution in [0.2, 0.25) is 0 Å². The summed E-state index contributed by atoms with van der Waals surface area (Å²) >= 11 is 0. The first-order valence-corrected chi connectivity index (χ1v) is 11.6. The van der Waals surface area contributed by atoms with Crippen LogP contribution in [0.1, 0.15) is 51.0 Å². The number of carbonyl (C=O) groups excluding carboxylic acids is 1. The minimum atomic E-state index is -0.194. The second kappa shape index (κ2) is 7.64. The van der Waals surface area contributed by atoms with Crippen LogP contribution in [0.3, 0.4) is 0 Å². The molecule has 2 heterocycles. The second-order valence-electron chi connectivity index (χ2n) is 10.3. The number of hydrogen-bond donors (Lipinski definition) is 1. The molecule has 30 heavy (non-hydrogen) atoms. The van der Waals surface area contributed by atoms with E-state index < -0.39 is 0 Å². The smallest absolute Gasteiger partial charge is 0.315 e. The van der Waals surface area contributed by atoms with Crippen molar-refractivity contribution in [3.05, 3.63) is 53.9 Å². The van der Waals surface area contributed by atoms with Crippen LogP contribution in [0, 0.1) is 29.0 Å². The maximum Gasteiger partial charge on any atom is 0.315 e. The third-order valence-electron chi connectivity index (χ3n) is 8.43. The molecule has 3 fully saturated rings. The van der Waals surface area contributed by atoms with Gasteiger partial charge in [0.05, 0.1) is 19.6 Å². The molecule has 1 aromatic rings. The number of fused-ring (bicyclic) bond motifs is 2. The number of ether oxygens (including phenoxy) is 1. The molecule has 1 aromatic carbocycles. The van der Waals surface area contributed by atoms with Crippen LogP contribution in [0.4, 0.5) is 4.39 Å². The molecular weight excluding hydrogens is 377 g/mol. The number of halogens is 1. The van der Waals surface area contributed by atoms with Crippen molar-refractivity contribution < 1.29 is 18.8 Å². The van der Waals surface area contributed by atoms with Crippen LogP contribution in [-0.2, 0) is 9.53 Å². The van der Waals surface area contributed by atoms with E-state index in [-0.39, 0.29) is 29.2 Å². The lowest BCUT2D eigenvalue weighted by molar-refractivity contribution is -0.897. The van der Waals surface area contributed by atoms with E-state index in [0.29, 0.717) is 11.8 Å². The highest BCUT2D eigenvalue weighted by Gasteiger charge is 2.56. The lowest BCUT2D eigenvalue weighted by Crippen LogP contribution is -3.13. The highest BCUT2D eigenvalue weighted by Crippen LogP contribution is 2.56. The normalized spacial score (nSPS) is 38.5. The lowest BCUT2D eigenvalue weighted by Gasteiger charge is -2.50. The molecular formula is C26H33FNO2+. The number of quaternary nitrogens is 1. The van der Waals surface area contributed by atoms with Crippen molar-refractivity contribution >= 4 is 11.5 Å². The number of allylic oxidation sites excluding steroid dienone is 1. The molecule has 1 N–H and O–H groups in total. The molecule has 1 unspecified atom stereocenters. The molecule has 2 aliphatic heterocycles. The summed E-state index contributed by atoms with van der Waals surface area (Å²) in [5, 5.41) is 0. The number of carbonyl (C=O) groups is 1. The molecule has 0 aromatic heterocycles. The van der Waals surface area contributed by atoms with Crippen LogP contribution in [0.25, 0.3) is 5.57 Å². The van der Waals surface area contributed by atoms with E-state index in [9.17, 15) is 9.18 Å². The molecule has 4 aliphatic rings. The van der Waals surface area contributed by atoms with Crippen molar-refractivity contribution in [3.63, 3.8) is 0 Å². The number of rotatable bonds is 3. The first-order chi connectivity index (χ1) is 14.4. The molecule has 160 valence electrons. The van der Waals surface area contributed by atoms with E-state index in [0.717, 1.165) is 50.9 Å². The zero-order valence-corrected chi connectivity index (χ0v) is 18.0. The van der Waals surface area contributed by atoms with Gasteiger partial charge in [-0.1, -0.05) is 31.2 Å². The van der Waals surface area contributed by atoms with Crippen molar-refractivity contribution in [2.75, 3.05) is 19.6 Å². The summed E-state index contributed by atoms with van der Waals surface area (Å²) in [6.45, 7) is 9.58. The van der Waals surface area contributed by atoms with Gasteiger partial charge < -0.3 is 9.64 Å². The third kappa shape index (κ3) is 3.53. The van der Waals surface area contributed by atoms with Gasteiger partial charge in [0.15, 0.2) is 0 Å². The van der Waals surface area contributed by atoms with E-state index in [4.69, 9.17) is 4.74 Å². The summed E-state index contributed by atoms with van der Waals surface area (Å²) < 4.78 is 19.1. The summed E-state index contributed by atoms with van der Waals surface area (Å²) in [7, 11) is 0. The summed E-state index contributed by atoms with van der Waals surface area (Å²) in [4.78, 5) is 14.3. The molecule has 0 spiro atoms. The minimum Gasteiger partial charge on any atom is -0.462 e. The molecule has 4 heteroatoms. The first-order valence-electron chi connectivity index (χ1n) is 11.6. The fraction of sp³-hybridized carbons (Fsp3) is 0.577. The Morgan fingerprint density at radius 1 is 1.27 bits per heavy atom. The molecule has 6 atom stereocenters. The third-order valence-corrected chi connectivity index (χ3v) is 8.43. The van der Waals surface area contributed by atoms with Crippen molar-refractivity contribution in [1.29, 1.82) is 0 Å². The number of benzene rings is 1. The monoisotopic (exact) mass is 410 g/mol. The largest absolute Gasteiger partial charge is 0.462 e. The minimum absolute atomic E-state index is 0.0186. The van der Waals surface area contributed by atoms with Gasteiger partial charge in [-0.2, -0.15) is 0 Å². The van der Waals surface area contributed by atoms with Crippen LogP contribution in [-0.4, -0.2) is 31.7 Å². The zero-order valence-electron chi connectivity index (χ0n) is 18.0. The Morgan fingerprint density at radius 2 is 2.07 bits per heavy atom. The van der Waals surface area contributed by atoms with Crippen LogP contribution >= 0.6 is 0 Å². The van der Waals surface area contributed by atoms with Gasteiger partial charge in [-0.05, 0) is 72.8 Å². The predicted molar refractivity (Wildman–Crippen MR) is 115 cm³/mol. The van der Waals surface area contributed by atoms with Gasteiger partial charge in [-0.25, -0.2) is 4.39 Å². The van der Waals surface area contributed by atoms with Crippen LogP contribution in [0.5, 0.6) is 0 Å². The summed E-state index contributed by atoms with van der Waals surface area (Å²) in [6, 6.07) is 6.78. The SMILES string of the molecule is C=C1CCC[C@@]2(C)C[C@H]3OC(=O)[C@@H](C[NH+]4CC=C(c5ccc(F)cc5)CC4)[C@@H]3C[C@H]12. The van der Waals surface area contributed by atoms with Gasteiger partial charge in [0.25, 0.3) is 0 Å². The van der Waals surface area contributed by atoms with Crippen LogP contribution < -0.4 is 4.90 Å². The van der Waals surface area contributed by atoms with Crippen LogP contribution in [0.15, 0.2) is 42.5 Å². The van der Waals surface area contributed by atoms with E-state index in [1.807, 2.05) is 12.1 Å². The molecule has 3 nitrogen and oxygen atoms in total. The van der Waals surface area contributed by atoms with Crippen molar-refractivity contribution in [3.8, 4) is 0 Å². The van der Waals surface area contributed by atoms with E-state index in [2.05, 4.69) is 19.6 Å². The van der Waals surface area contributed by atoms with Gasteiger partial charge in [0.2, 0.25) is 0 Å². The Bertz CT molecular complexity index is 876. The van der Waals surface area contributed by atoms with Gasteiger partial charge >= 0.3 is 5.97 Å². The molecule has 0 amide bonds. The topological polar surface area (TPSA) is 30.7 Å². The molecule has 2 saturated carbocycles. The second-order valence-corrected chi connectivity index (χ2v) is 10.3. The van der Waals surface area contributed by atoms with E-state index in [1.54, 1.807) is 0 Å². The summed E-state index contributed by atoms with van der Waals surface area (Å²) in [5.41, 5.74) is 4.06. The van der Waals surface area contributed by atoms with Crippen molar-refractivity contribution in [2.24, 2.45) is 23.2 Å². The summed E-state index contributed by atoms with van der Waals surface area (Å²) in [6.07, 6.45) is 9.01. The highest BCUT2D eigenvalue weighted by molar-refractivity contribution is 5.75. The van der Waals surface area contributed by atoms with Crippen molar-refractivity contribution in [1.82, 2.24) is 0 Å². The average Bonchev–Trinajstić information content (AvgIpc) is 3.01. The molecule has 5 rings (SSSR count). The van der Waals surface area contributed by atoms with Gasteiger partial charge in [-0.3, -0.25) is 4.79 Å². The number of esters is 1. The zero-order chi connectivity index (χ0) is 20.9. The number of nitrogens with one attached hydrogen (secondary N) is 1. The first kappa shape index (κ1) is 20.0. The quantitative estimate of drug-likeness (QED) is 0.607. The fourth-order valence-corrected chi connectivity index (χ4v) is 6.70. The fourth-order valence-electron chi connectivity index (χ4n) is 6.70. The Hall–Kier alpha value is -1.94. The molecule has 2 aliphatic carbocycles. The highest BCUT2D eigenvalue weighted by atomic mass is 19.1. The van der Waals surface area contributed by atoms with Gasteiger partial charge in [-0.15, -0.1) is 0 Å². The van der Waals surface area contributed by atoms with E-state index >= 15 is 0 Å². The standard InChI is InChI=1S/C26H32FNO2/c1-17-4-3-11-26(2)15-24-21(14-23(17)26)22(25(29)30-24)16-28-12-9-19(10-13-28)18-5-7-20(27)8-6-18/h5-9,21-24H,1,3-4,10-16H2,2H3/p+1/t21-,22-,23+,24+,26-/m0/s1. The van der Waals surface area contributed by atoms with E-state index in [1.165, 1.54) is 41.0 Å². The summed E-state index contributed by atoms with van der Waals surface area (Å²) in [5.74, 6) is 0.746. The predicted octanol–water partition coefficient (Wildman–Crippen LogP) is 3.81. The van der Waals surface area contributed by atoms with Gasteiger partial charge in [0, 0.05) is 12.3 Å². The number of hydrogen-bond acceptors (Lipinski definition) is 2. The maximum absolute atomic E-state index is 13.2. The van der Waals surface area contributed by atoms with Crippen molar-refractivity contribution in [2.45, 2.75) is 51.6 Å².